The number of piperazine rings is 1. The van der Waals surface area contributed by atoms with Crippen molar-refractivity contribution >= 4 is 17.4 Å². The second-order valence-corrected chi connectivity index (χ2v) is 4.52. The van der Waals surface area contributed by atoms with E-state index in [1.807, 2.05) is 12.3 Å². The highest BCUT2D eigenvalue weighted by Gasteiger charge is 2.33. The summed E-state index contributed by atoms with van der Waals surface area (Å²) in [5.74, 6) is 0. The van der Waals surface area contributed by atoms with Gasteiger partial charge in [0.05, 0.1) is 0 Å². The molecule has 0 bridgehead atoms. The molecule has 0 radical (unpaired) electrons. The van der Waals surface area contributed by atoms with Crippen LogP contribution in [0.15, 0.2) is 11.6 Å². The normalized spacial score (nSPS) is 26.6. The van der Waals surface area contributed by atoms with E-state index in [2.05, 4.69) is 10.3 Å². The van der Waals surface area contributed by atoms with E-state index in [0.717, 1.165) is 11.6 Å². The Morgan fingerprint density at radius 2 is 2.60 bits per heavy atom. The molecule has 2 amide bonds. The minimum atomic E-state index is -0.372. The number of nitrogens with zero attached hydrogens (tertiary/aromatic N) is 2. The number of hydrogen-bond acceptors (Lipinski definition) is 4. The lowest BCUT2D eigenvalue weighted by Crippen LogP contribution is -2.54. The van der Waals surface area contributed by atoms with Gasteiger partial charge in [-0.2, -0.15) is 0 Å². The molecule has 2 unspecified atom stereocenters. The lowest BCUT2D eigenvalue weighted by atomic mass is 10.1. The van der Waals surface area contributed by atoms with Crippen LogP contribution in [0.2, 0.25) is 0 Å². The standard InChI is InChI=1S/C9H14N4OS/c1-6-7(8-12-3-5-15-8)13(9(10)14)4-2-11-6/h3,5-7,11H,2,4H2,1H3,(H2,10,14). The lowest BCUT2D eigenvalue weighted by molar-refractivity contribution is 0.144. The van der Waals surface area contributed by atoms with Gasteiger partial charge in [0, 0.05) is 30.7 Å². The number of rotatable bonds is 1. The molecule has 6 heteroatoms. The molecular formula is C9H14N4OS. The van der Waals surface area contributed by atoms with Gasteiger partial charge in [-0.25, -0.2) is 9.78 Å². The van der Waals surface area contributed by atoms with Crippen molar-refractivity contribution in [2.75, 3.05) is 13.1 Å². The van der Waals surface area contributed by atoms with Crippen LogP contribution in [0.1, 0.15) is 18.0 Å². The summed E-state index contributed by atoms with van der Waals surface area (Å²) in [6, 6.07) is -0.211. The van der Waals surface area contributed by atoms with E-state index < -0.39 is 0 Å². The molecule has 15 heavy (non-hydrogen) atoms. The van der Waals surface area contributed by atoms with Crippen LogP contribution in [-0.4, -0.2) is 35.0 Å². The van der Waals surface area contributed by atoms with E-state index >= 15 is 0 Å². The van der Waals surface area contributed by atoms with Crippen LogP contribution in [0.4, 0.5) is 4.79 Å². The number of thiazole rings is 1. The summed E-state index contributed by atoms with van der Waals surface area (Å²) in [7, 11) is 0. The van der Waals surface area contributed by atoms with Crippen molar-refractivity contribution in [2.24, 2.45) is 5.73 Å². The smallest absolute Gasteiger partial charge is 0.315 e. The van der Waals surface area contributed by atoms with Crippen LogP contribution in [-0.2, 0) is 0 Å². The summed E-state index contributed by atoms with van der Waals surface area (Å²) in [5.41, 5.74) is 5.36. The number of nitrogens with two attached hydrogens (primary N) is 1. The molecule has 1 aromatic rings. The van der Waals surface area contributed by atoms with E-state index in [9.17, 15) is 4.79 Å². The van der Waals surface area contributed by atoms with Crippen LogP contribution in [0.5, 0.6) is 0 Å². The third-order valence-corrected chi connectivity index (χ3v) is 3.46. The van der Waals surface area contributed by atoms with Crippen LogP contribution >= 0.6 is 11.3 Å². The minimum absolute atomic E-state index is 0.0313. The zero-order valence-electron chi connectivity index (χ0n) is 8.51. The fourth-order valence-corrected chi connectivity index (χ4v) is 2.76. The maximum absolute atomic E-state index is 11.3. The Kier molecular flexibility index (Phi) is 2.88. The molecule has 0 aliphatic carbocycles. The predicted molar refractivity (Wildman–Crippen MR) is 58.6 cm³/mol. The van der Waals surface area contributed by atoms with E-state index in [0.29, 0.717) is 6.54 Å². The van der Waals surface area contributed by atoms with E-state index in [4.69, 9.17) is 5.73 Å². The van der Waals surface area contributed by atoms with Gasteiger partial charge in [-0.1, -0.05) is 0 Å². The zero-order valence-corrected chi connectivity index (χ0v) is 9.33. The number of aromatic nitrogens is 1. The molecule has 2 atom stereocenters. The summed E-state index contributed by atoms with van der Waals surface area (Å²) in [6.07, 6.45) is 1.75. The molecule has 82 valence electrons. The quantitative estimate of drug-likeness (QED) is 0.735. The monoisotopic (exact) mass is 226 g/mol. The summed E-state index contributed by atoms with van der Waals surface area (Å²) < 4.78 is 0. The van der Waals surface area contributed by atoms with Gasteiger partial charge in [0.2, 0.25) is 0 Å². The fraction of sp³-hybridized carbons (Fsp3) is 0.556. The average molecular weight is 226 g/mol. The number of hydrogen-bond donors (Lipinski definition) is 2. The van der Waals surface area contributed by atoms with Crippen LogP contribution in [0.25, 0.3) is 0 Å². The zero-order chi connectivity index (χ0) is 10.8. The first-order valence-electron chi connectivity index (χ1n) is 4.89. The molecule has 0 spiro atoms. The average Bonchev–Trinajstić information content (AvgIpc) is 2.70. The van der Waals surface area contributed by atoms with E-state index in [1.165, 1.54) is 0 Å². The number of nitrogens with one attached hydrogen (secondary N) is 1. The topological polar surface area (TPSA) is 71.2 Å². The van der Waals surface area contributed by atoms with Gasteiger partial charge in [-0.3, -0.25) is 0 Å². The molecule has 5 nitrogen and oxygen atoms in total. The van der Waals surface area contributed by atoms with Crippen molar-refractivity contribution in [3.05, 3.63) is 16.6 Å². The van der Waals surface area contributed by atoms with E-state index in [-0.39, 0.29) is 18.1 Å². The van der Waals surface area contributed by atoms with Gasteiger partial charge >= 0.3 is 6.03 Å². The van der Waals surface area contributed by atoms with Gasteiger partial charge in [0.1, 0.15) is 11.0 Å². The molecule has 2 rings (SSSR count). The minimum Gasteiger partial charge on any atom is -0.351 e. The fourth-order valence-electron chi connectivity index (χ4n) is 1.91. The maximum atomic E-state index is 11.3. The molecule has 1 fully saturated rings. The van der Waals surface area contributed by atoms with Crippen molar-refractivity contribution in [1.29, 1.82) is 0 Å². The number of carbonyl (C=O) groups is 1. The Morgan fingerprint density at radius 1 is 1.80 bits per heavy atom. The van der Waals surface area contributed by atoms with Gasteiger partial charge < -0.3 is 16.0 Å². The highest BCUT2D eigenvalue weighted by Crippen LogP contribution is 2.27. The molecule has 1 aliphatic heterocycles. The Hall–Kier alpha value is -1.14. The number of amides is 2. The molecule has 1 saturated heterocycles. The van der Waals surface area contributed by atoms with Crippen molar-refractivity contribution in [2.45, 2.75) is 19.0 Å². The first-order chi connectivity index (χ1) is 7.20. The Morgan fingerprint density at radius 3 is 3.20 bits per heavy atom. The Labute approximate surface area is 92.3 Å². The second-order valence-electron chi connectivity index (χ2n) is 3.59. The third-order valence-electron chi connectivity index (χ3n) is 2.62. The molecule has 1 aromatic heterocycles. The van der Waals surface area contributed by atoms with Crippen molar-refractivity contribution in [1.82, 2.24) is 15.2 Å². The SMILES string of the molecule is CC1NCCN(C(N)=O)C1c1nccs1. The number of primary amides is 1. The summed E-state index contributed by atoms with van der Waals surface area (Å²) in [6.45, 7) is 3.47. The first kappa shape index (κ1) is 10.4. The molecule has 0 saturated carbocycles. The number of urea groups is 1. The van der Waals surface area contributed by atoms with Crippen LogP contribution in [0.3, 0.4) is 0 Å². The number of carbonyl (C=O) groups excluding carboxylic acids is 1. The van der Waals surface area contributed by atoms with Crippen molar-refractivity contribution in [3.63, 3.8) is 0 Å². The summed E-state index contributed by atoms with van der Waals surface area (Å²) in [4.78, 5) is 17.2. The van der Waals surface area contributed by atoms with Crippen molar-refractivity contribution in [3.8, 4) is 0 Å². The van der Waals surface area contributed by atoms with Gasteiger partial charge in [-0.05, 0) is 6.92 Å². The summed E-state index contributed by atoms with van der Waals surface area (Å²) in [5, 5.41) is 6.17. The van der Waals surface area contributed by atoms with Gasteiger partial charge in [-0.15, -0.1) is 11.3 Å². The summed E-state index contributed by atoms with van der Waals surface area (Å²) >= 11 is 1.55. The highest BCUT2D eigenvalue weighted by molar-refractivity contribution is 7.09. The van der Waals surface area contributed by atoms with E-state index in [1.54, 1.807) is 22.4 Å². The van der Waals surface area contributed by atoms with Gasteiger partial charge in [0.15, 0.2) is 0 Å². The van der Waals surface area contributed by atoms with Crippen LogP contribution < -0.4 is 11.1 Å². The Balaban J connectivity index is 2.26. The molecule has 0 aromatic carbocycles. The Bertz CT molecular complexity index is 340. The van der Waals surface area contributed by atoms with Crippen LogP contribution in [0, 0.1) is 0 Å². The molecule has 3 N–H and O–H groups in total. The first-order valence-corrected chi connectivity index (χ1v) is 5.77. The molecule has 2 heterocycles. The van der Waals surface area contributed by atoms with Crippen molar-refractivity contribution < 1.29 is 4.79 Å². The lowest BCUT2D eigenvalue weighted by Gasteiger charge is -2.38. The third kappa shape index (κ3) is 1.95. The molecule has 1 aliphatic rings. The molecular weight excluding hydrogens is 212 g/mol. The highest BCUT2D eigenvalue weighted by atomic mass is 32.1. The predicted octanol–water partition coefficient (Wildman–Crippen LogP) is 0.557. The maximum Gasteiger partial charge on any atom is 0.315 e. The largest absolute Gasteiger partial charge is 0.351 e. The second kappa shape index (κ2) is 4.16. The van der Waals surface area contributed by atoms with Gasteiger partial charge in [0.25, 0.3) is 0 Å².